The van der Waals surface area contributed by atoms with Crippen LogP contribution in [0.1, 0.15) is 10.4 Å². The molecule has 0 amide bonds. The highest BCUT2D eigenvalue weighted by molar-refractivity contribution is 5.90. The highest BCUT2D eigenvalue weighted by atomic mass is 16.5. The monoisotopic (exact) mass is 363 g/mol. The molecule has 3 rings (SSSR count). The first-order valence-electron chi connectivity index (χ1n) is 8.37. The summed E-state index contributed by atoms with van der Waals surface area (Å²) < 4.78 is 4.74. The zero-order chi connectivity index (χ0) is 19.2. The van der Waals surface area contributed by atoms with Crippen LogP contribution in [0.3, 0.4) is 0 Å². The van der Waals surface area contributed by atoms with Crippen molar-refractivity contribution in [2.45, 2.75) is 0 Å². The molecule has 0 aliphatic heterocycles. The van der Waals surface area contributed by atoms with Gasteiger partial charge in [-0.2, -0.15) is 0 Å². The molecule has 0 atom stereocenters. The van der Waals surface area contributed by atoms with Gasteiger partial charge >= 0.3 is 5.97 Å². The molecular weight excluding hydrogens is 342 g/mol. The zero-order valence-corrected chi connectivity index (χ0v) is 15.4. The second kappa shape index (κ2) is 8.18. The van der Waals surface area contributed by atoms with E-state index < -0.39 is 0 Å². The van der Waals surface area contributed by atoms with E-state index in [-0.39, 0.29) is 5.97 Å². The van der Waals surface area contributed by atoms with Crippen molar-refractivity contribution in [3.63, 3.8) is 0 Å². The van der Waals surface area contributed by atoms with Crippen LogP contribution in [0.15, 0.2) is 60.9 Å². The summed E-state index contributed by atoms with van der Waals surface area (Å²) in [4.78, 5) is 22.2. The Balaban J connectivity index is 1.73. The van der Waals surface area contributed by atoms with Crippen molar-refractivity contribution in [2.75, 3.05) is 36.7 Å². The Labute approximate surface area is 158 Å². The van der Waals surface area contributed by atoms with Crippen LogP contribution in [-0.4, -0.2) is 37.1 Å². The number of hydrogen-bond acceptors (Lipinski definition) is 7. The Hall–Kier alpha value is -3.61. The highest BCUT2D eigenvalue weighted by Gasteiger charge is 2.07. The van der Waals surface area contributed by atoms with Gasteiger partial charge in [0, 0.05) is 37.2 Å². The first-order valence-corrected chi connectivity index (χ1v) is 8.37. The number of carbonyl (C=O) groups is 1. The van der Waals surface area contributed by atoms with E-state index in [2.05, 4.69) is 20.6 Å². The largest absolute Gasteiger partial charge is 0.465 e. The summed E-state index contributed by atoms with van der Waals surface area (Å²) in [7, 11) is 5.36. The summed E-state index contributed by atoms with van der Waals surface area (Å²) >= 11 is 0. The van der Waals surface area contributed by atoms with Crippen molar-refractivity contribution in [2.24, 2.45) is 0 Å². The Kier molecular flexibility index (Phi) is 5.51. The summed E-state index contributed by atoms with van der Waals surface area (Å²) in [6, 6.07) is 16.9. The highest BCUT2D eigenvalue weighted by Crippen LogP contribution is 2.22. The molecule has 0 fully saturated rings. The van der Waals surface area contributed by atoms with Crippen molar-refractivity contribution in [1.29, 1.82) is 0 Å². The quantitative estimate of drug-likeness (QED) is 0.645. The van der Waals surface area contributed by atoms with E-state index >= 15 is 0 Å². The lowest BCUT2D eigenvalue weighted by atomic mass is 10.2. The third kappa shape index (κ3) is 4.72. The number of aromatic nitrogens is 2. The van der Waals surface area contributed by atoms with E-state index in [0.717, 1.165) is 17.1 Å². The maximum atomic E-state index is 11.7. The fourth-order valence-corrected chi connectivity index (χ4v) is 2.47. The van der Waals surface area contributed by atoms with Gasteiger partial charge in [0.1, 0.15) is 18.0 Å². The molecule has 0 radical (unpaired) electrons. The van der Waals surface area contributed by atoms with Gasteiger partial charge in [-0.05, 0) is 42.5 Å². The minimum atomic E-state index is -0.384. The number of hydrogen-bond donors (Lipinski definition) is 2. The molecule has 0 saturated heterocycles. The third-order valence-electron chi connectivity index (χ3n) is 3.88. The maximum Gasteiger partial charge on any atom is 0.337 e. The number of ether oxygens (including phenoxy) is 1. The summed E-state index contributed by atoms with van der Waals surface area (Å²) in [5, 5.41) is 6.42. The fourth-order valence-electron chi connectivity index (χ4n) is 2.47. The lowest BCUT2D eigenvalue weighted by molar-refractivity contribution is 0.0601. The van der Waals surface area contributed by atoms with Gasteiger partial charge in [0.2, 0.25) is 0 Å². The second-order valence-corrected chi connectivity index (χ2v) is 6.05. The summed E-state index contributed by atoms with van der Waals surface area (Å²) in [5.74, 6) is 0.888. The third-order valence-corrected chi connectivity index (χ3v) is 3.88. The minimum Gasteiger partial charge on any atom is -0.465 e. The number of nitrogens with zero attached hydrogens (tertiary/aromatic N) is 3. The predicted molar refractivity (Wildman–Crippen MR) is 107 cm³/mol. The Bertz CT molecular complexity index is 926. The fraction of sp³-hybridized carbons (Fsp3) is 0.150. The first kappa shape index (κ1) is 18.2. The molecule has 27 heavy (non-hydrogen) atoms. The van der Waals surface area contributed by atoms with E-state index in [1.165, 1.54) is 13.4 Å². The molecule has 1 heterocycles. The molecule has 0 saturated carbocycles. The van der Waals surface area contributed by atoms with E-state index in [4.69, 9.17) is 4.74 Å². The molecule has 2 aromatic carbocycles. The van der Waals surface area contributed by atoms with Gasteiger partial charge in [-0.25, -0.2) is 14.8 Å². The summed E-state index contributed by atoms with van der Waals surface area (Å²) in [6.45, 7) is 0. The maximum absolute atomic E-state index is 11.7. The van der Waals surface area contributed by atoms with Crippen molar-refractivity contribution >= 4 is 34.7 Å². The van der Waals surface area contributed by atoms with E-state index in [0.29, 0.717) is 17.2 Å². The van der Waals surface area contributed by atoms with Crippen LogP contribution in [0, 0.1) is 0 Å². The SMILES string of the molecule is COC(=O)c1cccc(Nc2cc(Nc3ccc(N(C)C)cc3)ncn2)c1. The van der Waals surface area contributed by atoms with Crippen molar-refractivity contribution < 1.29 is 9.53 Å². The number of esters is 1. The number of benzene rings is 2. The number of carbonyl (C=O) groups excluding carboxylic acids is 1. The molecule has 2 N–H and O–H groups in total. The number of methoxy groups -OCH3 is 1. The molecule has 3 aromatic rings. The zero-order valence-electron chi connectivity index (χ0n) is 15.4. The van der Waals surface area contributed by atoms with Crippen molar-refractivity contribution in [3.8, 4) is 0 Å². The molecule has 0 aliphatic carbocycles. The topological polar surface area (TPSA) is 79.4 Å². The molecule has 0 aliphatic rings. The molecule has 0 unspecified atom stereocenters. The van der Waals surface area contributed by atoms with E-state index in [9.17, 15) is 4.79 Å². The molecule has 1 aromatic heterocycles. The van der Waals surface area contributed by atoms with Crippen LogP contribution in [0.25, 0.3) is 0 Å². The average Bonchev–Trinajstić information content (AvgIpc) is 2.68. The minimum absolute atomic E-state index is 0.384. The summed E-state index contributed by atoms with van der Waals surface area (Å²) in [6.07, 6.45) is 1.48. The molecule has 0 spiro atoms. The lowest BCUT2D eigenvalue weighted by Crippen LogP contribution is -2.08. The second-order valence-electron chi connectivity index (χ2n) is 6.05. The normalized spacial score (nSPS) is 10.2. The molecule has 138 valence electrons. The molecular formula is C20H21N5O2. The van der Waals surface area contributed by atoms with Gasteiger partial charge in [0.05, 0.1) is 12.7 Å². The lowest BCUT2D eigenvalue weighted by Gasteiger charge is -2.13. The van der Waals surface area contributed by atoms with Crippen LogP contribution in [-0.2, 0) is 4.74 Å². The van der Waals surface area contributed by atoms with Crippen LogP contribution in [0.2, 0.25) is 0 Å². The van der Waals surface area contributed by atoms with E-state index in [1.807, 2.05) is 49.3 Å². The number of anilines is 5. The van der Waals surface area contributed by atoms with Crippen LogP contribution >= 0.6 is 0 Å². The Morgan fingerprint density at radius 3 is 2.22 bits per heavy atom. The molecule has 7 nitrogen and oxygen atoms in total. The number of nitrogens with one attached hydrogen (secondary N) is 2. The van der Waals surface area contributed by atoms with Gasteiger partial charge in [0.15, 0.2) is 0 Å². The Morgan fingerprint density at radius 2 is 1.59 bits per heavy atom. The van der Waals surface area contributed by atoms with Crippen LogP contribution in [0.5, 0.6) is 0 Å². The van der Waals surface area contributed by atoms with Gasteiger partial charge in [0.25, 0.3) is 0 Å². The molecule has 7 heteroatoms. The number of rotatable bonds is 6. The van der Waals surface area contributed by atoms with Crippen molar-refractivity contribution in [3.05, 3.63) is 66.5 Å². The smallest absolute Gasteiger partial charge is 0.337 e. The van der Waals surface area contributed by atoms with Crippen LogP contribution < -0.4 is 15.5 Å². The Morgan fingerprint density at radius 1 is 0.926 bits per heavy atom. The molecule has 0 bridgehead atoms. The van der Waals surface area contributed by atoms with Gasteiger partial charge in [-0.15, -0.1) is 0 Å². The van der Waals surface area contributed by atoms with Crippen molar-refractivity contribution in [1.82, 2.24) is 9.97 Å². The standard InChI is InChI=1S/C20H21N5O2/c1-25(2)17-9-7-15(8-10-17)23-18-12-19(22-13-21-18)24-16-6-4-5-14(11-16)20(26)27-3/h4-13H,1-3H3,(H2,21,22,23,24). The van der Waals surface area contributed by atoms with Gasteiger partial charge in [-0.3, -0.25) is 0 Å². The van der Waals surface area contributed by atoms with Crippen LogP contribution in [0.4, 0.5) is 28.7 Å². The average molecular weight is 363 g/mol. The first-order chi connectivity index (χ1) is 13.0. The van der Waals surface area contributed by atoms with Gasteiger partial charge < -0.3 is 20.3 Å². The van der Waals surface area contributed by atoms with E-state index in [1.54, 1.807) is 24.3 Å². The van der Waals surface area contributed by atoms with Gasteiger partial charge in [-0.1, -0.05) is 6.07 Å². The summed E-state index contributed by atoms with van der Waals surface area (Å²) in [5.41, 5.74) is 3.25. The predicted octanol–water partition coefficient (Wildman–Crippen LogP) is 3.82.